The molecule has 16 heavy (non-hydrogen) atoms. The molecule has 7 heteroatoms. The molecular formula is C9H10N2O5. The van der Waals surface area contributed by atoms with Crippen molar-refractivity contribution in [3.8, 4) is 0 Å². The van der Waals surface area contributed by atoms with Crippen molar-refractivity contribution < 1.29 is 19.8 Å². The Morgan fingerprint density at radius 2 is 2.19 bits per heavy atom. The number of aliphatic hydroxyl groups excluding tert-OH is 1. The van der Waals surface area contributed by atoms with Crippen LogP contribution >= 0.6 is 0 Å². The minimum absolute atomic E-state index is 0.206. The molecule has 0 saturated carbocycles. The lowest BCUT2D eigenvalue weighted by molar-refractivity contribution is -0.140. The van der Waals surface area contributed by atoms with Crippen molar-refractivity contribution in [3.63, 3.8) is 0 Å². The van der Waals surface area contributed by atoms with Gasteiger partial charge in [-0.25, -0.2) is 4.79 Å². The number of amides is 1. The van der Waals surface area contributed by atoms with E-state index in [0.29, 0.717) is 0 Å². The van der Waals surface area contributed by atoms with Gasteiger partial charge >= 0.3 is 5.97 Å². The quantitative estimate of drug-likeness (QED) is 0.500. The van der Waals surface area contributed by atoms with Crippen molar-refractivity contribution in [1.29, 1.82) is 0 Å². The number of carbonyl (C=O) groups excluding carboxylic acids is 1. The van der Waals surface area contributed by atoms with Gasteiger partial charge < -0.3 is 20.5 Å². The molecule has 0 aliphatic rings. The van der Waals surface area contributed by atoms with Gasteiger partial charge in [-0.15, -0.1) is 0 Å². The van der Waals surface area contributed by atoms with E-state index in [-0.39, 0.29) is 5.56 Å². The number of H-pyrrole nitrogens is 1. The third-order valence-corrected chi connectivity index (χ3v) is 1.85. The number of aromatic nitrogens is 1. The van der Waals surface area contributed by atoms with Crippen LogP contribution in [0.15, 0.2) is 23.3 Å². The first-order valence-electron chi connectivity index (χ1n) is 4.38. The van der Waals surface area contributed by atoms with Crippen molar-refractivity contribution in [2.45, 2.75) is 6.04 Å². The zero-order valence-corrected chi connectivity index (χ0v) is 8.14. The maximum Gasteiger partial charge on any atom is 0.328 e. The van der Waals surface area contributed by atoms with E-state index >= 15 is 0 Å². The van der Waals surface area contributed by atoms with Gasteiger partial charge in [-0.2, -0.15) is 0 Å². The molecule has 0 saturated heterocycles. The molecule has 0 aliphatic heterocycles. The monoisotopic (exact) mass is 226 g/mol. The fourth-order valence-corrected chi connectivity index (χ4v) is 1.02. The van der Waals surface area contributed by atoms with Gasteiger partial charge in [0.25, 0.3) is 5.91 Å². The summed E-state index contributed by atoms with van der Waals surface area (Å²) in [5.74, 6) is -2.22. The summed E-state index contributed by atoms with van der Waals surface area (Å²) in [6.07, 6.45) is 2.51. The van der Waals surface area contributed by atoms with Gasteiger partial charge in [0, 0.05) is 18.5 Å². The highest BCUT2D eigenvalue weighted by molar-refractivity contribution is 5.96. The highest BCUT2D eigenvalue weighted by atomic mass is 16.4. The number of carbonyl (C=O) groups is 2. The smallest absolute Gasteiger partial charge is 0.328 e. The molecule has 7 nitrogen and oxygen atoms in total. The van der Waals surface area contributed by atoms with E-state index in [0.717, 1.165) is 12.3 Å². The van der Waals surface area contributed by atoms with Crippen LogP contribution in [0.4, 0.5) is 0 Å². The van der Waals surface area contributed by atoms with Crippen molar-refractivity contribution >= 4 is 11.9 Å². The van der Waals surface area contributed by atoms with E-state index in [1.807, 2.05) is 5.32 Å². The van der Waals surface area contributed by atoms with Crippen molar-refractivity contribution in [2.24, 2.45) is 0 Å². The summed E-state index contributed by atoms with van der Waals surface area (Å²) >= 11 is 0. The number of carboxylic acids is 1. The maximum absolute atomic E-state index is 11.4. The summed E-state index contributed by atoms with van der Waals surface area (Å²) in [6.45, 7) is -0.744. The Hall–Kier alpha value is -2.15. The highest BCUT2D eigenvalue weighted by Crippen LogP contribution is 1.91. The fraction of sp³-hybridized carbons (Fsp3) is 0.222. The summed E-state index contributed by atoms with van der Waals surface area (Å²) in [5.41, 5.74) is -0.736. The third kappa shape index (κ3) is 2.67. The topological polar surface area (TPSA) is 119 Å². The van der Waals surface area contributed by atoms with Gasteiger partial charge in [-0.3, -0.25) is 9.59 Å². The molecule has 0 fully saturated rings. The number of nitrogens with one attached hydrogen (secondary N) is 2. The molecule has 1 rings (SSSR count). The molecule has 0 aromatic carbocycles. The average Bonchev–Trinajstić information content (AvgIpc) is 2.25. The average molecular weight is 226 g/mol. The third-order valence-electron chi connectivity index (χ3n) is 1.85. The normalized spacial score (nSPS) is 11.8. The fourth-order valence-electron chi connectivity index (χ4n) is 1.02. The Bertz CT molecular complexity index is 453. The van der Waals surface area contributed by atoms with Crippen LogP contribution in [0.1, 0.15) is 10.4 Å². The van der Waals surface area contributed by atoms with Crippen molar-refractivity contribution in [1.82, 2.24) is 10.3 Å². The van der Waals surface area contributed by atoms with E-state index in [1.165, 1.54) is 6.20 Å². The first kappa shape index (κ1) is 11.9. The van der Waals surface area contributed by atoms with Crippen LogP contribution in [-0.4, -0.2) is 39.7 Å². The number of hydrogen-bond acceptors (Lipinski definition) is 4. The lowest BCUT2D eigenvalue weighted by Gasteiger charge is -2.10. The minimum Gasteiger partial charge on any atom is -0.480 e. The molecule has 4 N–H and O–H groups in total. The Labute approximate surface area is 89.7 Å². The molecule has 0 bridgehead atoms. The van der Waals surface area contributed by atoms with Gasteiger partial charge in [-0.05, 0) is 0 Å². The van der Waals surface area contributed by atoms with Crippen LogP contribution in [0, 0.1) is 0 Å². The van der Waals surface area contributed by atoms with Crippen molar-refractivity contribution in [2.75, 3.05) is 6.61 Å². The van der Waals surface area contributed by atoms with E-state index in [4.69, 9.17) is 10.2 Å². The first-order valence-corrected chi connectivity index (χ1v) is 4.38. The number of rotatable bonds is 4. The summed E-state index contributed by atoms with van der Waals surface area (Å²) in [4.78, 5) is 35.7. The molecule has 0 spiro atoms. The van der Waals surface area contributed by atoms with E-state index in [9.17, 15) is 14.4 Å². The SMILES string of the molecule is O=C(N[C@H](CO)C(=O)O)c1c[nH]ccc1=O. The number of aromatic amines is 1. The summed E-state index contributed by atoms with van der Waals surface area (Å²) in [5, 5.41) is 19.3. The number of aliphatic hydroxyl groups is 1. The number of carboxylic acid groups (broad SMARTS) is 1. The van der Waals surface area contributed by atoms with Crippen LogP contribution < -0.4 is 10.7 Å². The maximum atomic E-state index is 11.4. The van der Waals surface area contributed by atoms with Gasteiger partial charge in [0.05, 0.1) is 6.61 Å². The van der Waals surface area contributed by atoms with Crippen LogP contribution in [-0.2, 0) is 4.79 Å². The van der Waals surface area contributed by atoms with E-state index in [1.54, 1.807) is 0 Å². The molecule has 0 aliphatic carbocycles. The van der Waals surface area contributed by atoms with Gasteiger partial charge in [0.1, 0.15) is 5.56 Å². The van der Waals surface area contributed by atoms with E-state index < -0.39 is 30.0 Å². The van der Waals surface area contributed by atoms with Crippen LogP contribution in [0.5, 0.6) is 0 Å². The lowest BCUT2D eigenvalue weighted by atomic mass is 10.2. The summed E-state index contributed by atoms with van der Waals surface area (Å²) in [7, 11) is 0. The number of hydrogen-bond donors (Lipinski definition) is 4. The molecule has 1 aromatic heterocycles. The van der Waals surface area contributed by atoms with Crippen LogP contribution in [0.2, 0.25) is 0 Å². The van der Waals surface area contributed by atoms with Crippen LogP contribution in [0.25, 0.3) is 0 Å². The van der Waals surface area contributed by atoms with Crippen LogP contribution in [0.3, 0.4) is 0 Å². The molecule has 1 aromatic rings. The Balaban J connectivity index is 2.84. The first-order chi connectivity index (χ1) is 7.56. The number of pyridine rings is 1. The second-order valence-corrected chi connectivity index (χ2v) is 2.97. The van der Waals surface area contributed by atoms with Gasteiger partial charge in [-0.1, -0.05) is 0 Å². The standard InChI is InChI=1S/C9H10N2O5/c12-4-6(9(15)16)11-8(14)5-3-10-2-1-7(5)13/h1-3,6,12H,4H2,(H,10,13)(H,11,14)(H,15,16)/t6-/m1/s1. The predicted molar refractivity (Wildman–Crippen MR) is 53.0 cm³/mol. The Morgan fingerprint density at radius 3 is 2.69 bits per heavy atom. The summed E-state index contributed by atoms with van der Waals surface area (Å²) < 4.78 is 0. The van der Waals surface area contributed by atoms with Crippen molar-refractivity contribution in [3.05, 3.63) is 34.2 Å². The second kappa shape index (κ2) is 5.08. The molecule has 1 heterocycles. The highest BCUT2D eigenvalue weighted by Gasteiger charge is 2.20. The molecule has 86 valence electrons. The molecule has 1 amide bonds. The molecule has 0 radical (unpaired) electrons. The van der Waals surface area contributed by atoms with Gasteiger partial charge in [0.15, 0.2) is 11.5 Å². The van der Waals surface area contributed by atoms with E-state index in [2.05, 4.69) is 4.98 Å². The zero-order valence-electron chi connectivity index (χ0n) is 8.14. The Morgan fingerprint density at radius 1 is 1.50 bits per heavy atom. The minimum atomic E-state index is -1.42. The zero-order chi connectivity index (χ0) is 12.1. The summed E-state index contributed by atoms with van der Waals surface area (Å²) in [6, 6.07) is -0.281. The molecular weight excluding hydrogens is 216 g/mol. The Kier molecular flexibility index (Phi) is 3.78. The largest absolute Gasteiger partial charge is 0.480 e. The second-order valence-electron chi connectivity index (χ2n) is 2.97. The number of aliphatic carboxylic acids is 1. The predicted octanol–water partition coefficient (Wildman–Crippen LogP) is -1.45. The molecule has 1 atom stereocenters. The lowest BCUT2D eigenvalue weighted by Crippen LogP contribution is -2.44. The molecule has 0 unspecified atom stereocenters. The van der Waals surface area contributed by atoms with Gasteiger partial charge in [0.2, 0.25) is 0 Å².